The minimum atomic E-state index is -0.641. The van der Waals surface area contributed by atoms with Crippen LogP contribution in [0.3, 0.4) is 0 Å². The van der Waals surface area contributed by atoms with E-state index in [9.17, 15) is 19.7 Å². The molecule has 8 heteroatoms. The lowest BCUT2D eigenvalue weighted by molar-refractivity contribution is -0.385. The van der Waals surface area contributed by atoms with Gasteiger partial charge in [0.2, 0.25) is 0 Å². The standard InChI is InChI=1S/C16H14ClN3O4/c1-18-15(21)11-4-2-3-10(7-11)9-19-16(22)13-8-12(17)5-6-14(13)20(23)24/h2-8H,9H2,1H3,(H,18,21)(H,19,22). The van der Waals surface area contributed by atoms with Gasteiger partial charge in [0.05, 0.1) is 4.92 Å². The fraction of sp³-hybridized carbons (Fsp3) is 0.125. The van der Waals surface area contributed by atoms with E-state index in [1.165, 1.54) is 25.2 Å². The molecule has 24 heavy (non-hydrogen) atoms. The summed E-state index contributed by atoms with van der Waals surface area (Å²) in [5.41, 5.74) is 0.707. The predicted octanol–water partition coefficient (Wildman–Crippen LogP) is 2.54. The molecule has 2 amide bonds. The van der Waals surface area contributed by atoms with E-state index in [1.807, 2.05) is 0 Å². The number of rotatable bonds is 5. The number of halogens is 1. The van der Waals surface area contributed by atoms with E-state index < -0.39 is 10.8 Å². The second-order valence-corrected chi connectivity index (χ2v) is 5.32. The van der Waals surface area contributed by atoms with Gasteiger partial charge in [-0.3, -0.25) is 19.7 Å². The lowest BCUT2D eigenvalue weighted by atomic mass is 10.1. The summed E-state index contributed by atoms with van der Waals surface area (Å²) in [5, 5.41) is 16.3. The van der Waals surface area contributed by atoms with Crippen LogP contribution in [-0.2, 0) is 6.54 Å². The van der Waals surface area contributed by atoms with Crippen LogP contribution >= 0.6 is 11.6 Å². The van der Waals surface area contributed by atoms with E-state index in [0.717, 1.165) is 0 Å². The maximum Gasteiger partial charge on any atom is 0.282 e. The Kier molecular flexibility index (Phi) is 5.49. The van der Waals surface area contributed by atoms with Crippen molar-refractivity contribution in [1.82, 2.24) is 10.6 Å². The molecule has 2 rings (SSSR count). The molecule has 7 nitrogen and oxygen atoms in total. The van der Waals surface area contributed by atoms with E-state index in [-0.39, 0.29) is 28.7 Å². The van der Waals surface area contributed by atoms with Crippen molar-refractivity contribution in [2.45, 2.75) is 6.54 Å². The molecule has 0 aliphatic rings. The SMILES string of the molecule is CNC(=O)c1cccc(CNC(=O)c2cc(Cl)ccc2[N+](=O)[O-])c1. The van der Waals surface area contributed by atoms with Crippen LogP contribution in [0.2, 0.25) is 5.02 Å². The van der Waals surface area contributed by atoms with Crippen molar-refractivity contribution >= 4 is 29.1 Å². The van der Waals surface area contributed by atoms with Crippen molar-refractivity contribution in [3.8, 4) is 0 Å². The van der Waals surface area contributed by atoms with Gasteiger partial charge < -0.3 is 10.6 Å². The number of nitro benzene ring substituents is 1. The molecule has 0 unspecified atom stereocenters. The van der Waals surface area contributed by atoms with Gasteiger partial charge in [-0.2, -0.15) is 0 Å². The van der Waals surface area contributed by atoms with Crippen molar-refractivity contribution in [3.05, 3.63) is 74.3 Å². The lowest BCUT2D eigenvalue weighted by Gasteiger charge is -2.08. The second kappa shape index (κ2) is 7.56. The second-order valence-electron chi connectivity index (χ2n) is 4.88. The molecule has 2 aromatic carbocycles. The highest BCUT2D eigenvalue weighted by Crippen LogP contribution is 2.22. The predicted molar refractivity (Wildman–Crippen MR) is 89.1 cm³/mol. The highest BCUT2D eigenvalue weighted by Gasteiger charge is 2.20. The number of benzene rings is 2. The van der Waals surface area contributed by atoms with E-state index in [0.29, 0.717) is 11.1 Å². The number of hydrogen-bond donors (Lipinski definition) is 2. The van der Waals surface area contributed by atoms with Gasteiger partial charge in [-0.25, -0.2) is 0 Å². The fourth-order valence-electron chi connectivity index (χ4n) is 2.09. The Morgan fingerprint density at radius 1 is 1.17 bits per heavy atom. The number of nitro groups is 1. The Labute approximate surface area is 142 Å². The normalized spacial score (nSPS) is 10.1. The number of carbonyl (C=O) groups is 2. The van der Waals surface area contributed by atoms with Crippen LogP contribution in [0.1, 0.15) is 26.3 Å². The molecule has 0 aliphatic heterocycles. The van der Waals surface area contributed by atoms with Gasteiger partial charge in [0.15, 0.2) is 0 Å². The molecule has 0 aliphatic carbocycles. The summed E-state index contributed by atoms with van der Waals surface area (Å²) in [7, 11) is 1.52. The molecule has 2 aromatic rings. The van der Waals surface area contributed by atoms with Crippen LogP contribution in [0.25, 0.3) is 0 Å². The third-order valence-electron chi connectivity index (χ3n) is 3.27. The number of nitrogens with zero attached hydrogens (tertiary/aromatic N) is 1. The van der Waals surface area contributed by atoms with Gasteiger partial charge >= 0.3 is 0 Å². The van der Waals surface area contributed by atoms with Crippen LogP contribution in [-0.4, -0.2) is 23.8 Å². The molecule has 0 saturated carbocycles. The summed E-state index contributed by atoms with van der Waals surface area (Å²) < 4.78 is 0. The number of amides is 2. The van der Waals surface area contributed by atoms with Gasteiger partial charge in [0.1, 0.15) is 5.56 Å². The van der Waals surface area contributed by atoms with Crippen LogP contribution < -0.4 is 10.6 Å². The molecule has 0 bridgehead atoms. The van der Waals surface area contributed by atoms with E-state index in [2.05, 4.69) is 10.6 Å². The van der Waals surface area contributed by atoms with Crippen LogP contribution in [0, 0.1) is 10.1 Å². The zero-order valence-corrected chi connectivity index (χ0v) is 13.5. The number of carbonyl (C=O) groups excluding carboxylic acids is 2. The van der Waals surface area contributed by atoms with Crippen LogP contribution in [0.5, 0.6) is 0 Å². The first-order valence-corrected chi connectivity index (χ1v) is 7.33. The summed E-state index contributed by atoms with van der Waals surface area (Å²) in [6.45, 7) is 0.118. The molecule has 2 N–H and O–H groups in total. The summed E-state index contributed by atoms with van der Waals surface area (Å²) >= 11 is 5.81. The van der Waals surface area contributed by atoms with Crippen molar-refractivity contribution in [3.63, 3.8) is 0 Å². The van der Waals surface area contributed by atoms with Gasteiger partial charge in [0, 0.05) is 30.2 Å². The van der Waals surface area contributed by atoms with Gasteiger partial charge in [-0.1, -0.05) is 23.7 Å². The molecule has 0 radical (unpaired) electrons. The fourth-order valence-corrected chi connectivity index (χ4v) is 2.27. The van der Waals surface area contributed by atoms with E-state index in [1.54, 1.807) is 24.3 Å². The highest BCUT2D eigenvalue weighted by atomic mass is 35.5. The maximum absolute atomic E-state index is 12.2. The van der Waals surface area contributed by atoms with Gasteiger partial charge in [-0.05, 0) is 29.8 Å². The zero-order valence-electron chi connectivity index (χ0n) is 12.7. The van der Waals surface area contributed by atoms with Crippen molar-refractivity contribution in [1.29, 1.82) is 0 Å². The molecule has 0 fully saturated rings. The molecule has 0 atom stereocenters. The van der Waals surface area contributed by atoms with Crippen molar-refractivity contribution < 1.29 is 14.5 Å². The summed E-state index contributed by atoms with van der Waals surface area (Å²) in [5.74, 6) is -0.858. The highest BCUT2D eigenvalue weighted by molar-refractivity contribution is 6.31. The Morgan fingerprint density at radius 2 is 1.92 bits per heavy atom. The summed E-state index contributed by atoms with van der Waals surface area (Å²) in [4.78, 5) is 34.2. The average Bonchev–Trinajstić information content (AvgIpc) is 2.58. The third-order valence-corrected chi connectivity index (χ3v) is 3.50. The molecule has 0 heterocycles. The Bertz CT molecular complexity index is 808. The van der Waals surface area contributed by atoms with Gasteiger partial charge in [0.25, 0.3) is 17.5 Å². The lowest BCUT2D eigenvalue weighted by Crippen LogP contribution is -2.24. The van der Waals surface area contributed by atoms with E-state index >= 15 is 0 Å². The van der Waals surface area contributed by atoms with Crippen molar-refractivity contribution in [2.24, 2.45) is 0 Å². The summed E-state index contributed by atoms with van der Waals surface area (Å²) in [6.07, 6.45) is 0. The number of hydrogen-bond acceptors (Lipinski definition) is 4. The Hall–Kier alpha value is -2.93. The molecule has 124 valence electrons. The van der Waals surface area contributed by atoms with E-state index in [4.69, 9.17) is 11.6 Å². The third kappa shape index (κ3) is 4.08. The van der Waals surface area contributed by atoms with Crippen LogP contribution in [0.15, 0.2) is 42.5 Å². The zero-order chi connectivity index (χ0) is 17.7. The Balaban J connectivity index is 2.16. The average molecular weight is 348 g/mol. The minimum Gasteiger partial charge on any atom is -0.355 e. The maximum atomic E-state index is 12.2. The largest absolute Gasteiger partial charge is 0.355 e. The summed E-state index contributed by atoms with van der Waals surface area (Å²) in [6, 6.07) is 10.5. The smallest absolute Gasteiger partial charge is 0.282 e. The molecular formula is C16H14ClN3O4. The molecule has 0 saturated heterocycles. The minimum absolute atomic E-state index is 0.116. The van der Waals surface area contributed by atoms with Crippen LogP contribution in [0.4, 0.5) is 5.69 Å². The topological polar surface area (TPSA) is 101 Å². The molecule has 0 aromatic heterocycles. The first-order chi connectivity index (χ1) is 11.4. The number of nitrogens with one attached hydrogen (secondary N) is 2. The van der Waals surface area contributed by atoms with Crippen molar-refractivity contribution in [2.75, 3.05) is 7.05 Å². The quantitative estimate of drug-likeness (QED) is 0.641. The monoisotopic (exact) mass is 347 g/mol. The molecule has 0 spiro atoms. The first kappa shape index (κ1) is 17.4. The van der Waals surface area contributed by atoms with Gasteiger partial charge in [-0.15, -0.1) is 0 Å². The Morgan fingerprint density at radius 3 is 2.58 bits per heavy atom. The first-order valence-electron chi connectivity index (χ1n) is 6.95. The molecular weight excluding hydrogens is 334 g/mol.